The third-order valence-corrected chi connectivity index (χ3v) is 7.51. The summed E-state index contributed by atoms with van der Waals surface area (Å²) in [6.45, 7) is 8.56. The number of nitrogens with one attached hydrogen (secondary N) is 4. The van der Waals surface area contributed by atoms with Gasteiger partial charge in [-0.25, -0.2) is 4.79 Å². The third kappa shape index (κ3) is 5.89. The Hall–Kier alpha value is -4.12. The van der Waals surface area contributed by atoms with E-state index in [1.165, 1.54) is 23.9 Å². The number of benzene rings is 1. The third-order valence-electron chi connectivity index (χ3n) is 7.51. The van der Waals surface area contributed by atoms with Gasteiger partial charge in [-0.3, -0.25) is 14.4 Å². The molecule has 0 radical (unpaired) electrons. The zero-order valence-electron chi connectivity index (χ0n) is 23.2. The van der Waals surface area contributed by atoms with Gasteiger partial charge in [-0.05, 0) is 56.4 Å². The number of amides is 3. The van der Waals surface area contributed by atoms with E-state index in [9.17, 15) is 19.2 Å². The first-order valence-electron chi connectivity index (χ1n) is 13.6. The first-order chi connectivity index (χ1) is 19.0. The van der Waals surface area contributed by atoms with Crippen LogP contribution in [0.25, 0.3) is 10.9 Å². The van der Waals surface area contributed by atoms with E-state index in [2.05, 4.69) is 25.8 Å². The van der Waals surface area contributed by atoms with E-state index < -0.39 is 23.2 Å². The molecule has 1 aliphatic carbocycles. The number of fused-ring (bicyclic) bond motifs is 2. The lowest BCUT2D eigenvalue weighted by Crippen LogP contribution is -2.40. The number of likely N-dealkylation sites (tertiary alicyclic amines) is 1. The maximum atomic E-state index is 13.3. The number of aromatic amines is 1. The summed E-state index contributed by atoms with van der Waals surface area (Å²) in [6.07, 6.45) is 2.94. The molecule has 2 aliphatic rings. The molecule has 1 aliphatic heterocycles. The van der Waals surface area contributed by atoms with E-state index in [1.807, 2.05) is 51.2 Å². The average Bonchev–Trinajstić information content (AvgIpc) is 3.25. The van der Waals surface area contributed by atoms with Gasteiger partial charge in [0.05, 0.1) is 12.1 Å². The lowest BCUT2D eigenvalue weighted by Gasteiger charge is -2.22. The van der Waals surface area contributed by atoms with Crippen LogP contribution < -0.4 is 21.5 Å². The largest absolute Gasteiger partial charge is 0.444 e. The van der Waals surface area contributed by atoms with Crippen molar-refractivity contribution in [1.82, 2.24) is 30.4 Å². The summed E-state index contributed by atoms with van der Waals surface area (Å²) in [7, 11) is 1.46. The van der Waals surface area contributed by atoms with Crippen molar-refractivity contribution in [2.24, 2.45) is 11.8 Å². The molecule has 11 heteroatoms. The zero-order valence-corrected chi connectivity index (χ0v) is 23.2. The molecule has 212 valence electrons. The van der Waals surface area contributed by atoms with E-state index >= 15 is 0 Å². The molecule has 2 fully saturated rings. The second-order valence-electron chi connectivity index (χ2n) is 11.5. The van der Waals surface area contributed by atoms with Gasteiger partial charge in [0.1, 0.15) is 11.2 Å². The highest BCUT2D eigenvalue weighted by atomic mass is 16.6. The molecule has 0 bridgehead atoms. The lowest BCUT2D eigenvalue weighted by molar-refractivity contribution is 0.0522. The summed E-state index contributed by atoms with van der Waals surface area (Å²) in [4.78, 5) is 56.2. The van der Waals surface area contributed by atoms with Gasteiger partial charge in [-0.1, -0.05) is 12.1 Å². The second kappa shape index (κ2) is 10.8. The van der Waals surface area contributed by atoms with E-state index in [0.717, 1.165) is 29.6 Å². The minimum absolute atomic E-state index is 0.0417. The number of H-pyrrole nitrogens is 1. The molecular formula is C29H36N6O5. The standard InChI is InChI=1S/C29H36N6O5/c1-29(2,3)40-28(39)32-10-11-34-15-21-22(16-34)24(21)33-25(36)18-12-20(26(37)30-4)27(38)35(14-18)13-17-6-5-7-23-19(17)8-9-31-23/h5-9,12,14,21-22,24,31H,10-11,13,15-16H2,1-4H3,(H,30,37)(H,32,39)(H,33,36)/t21-,22+,24+. The number of hydrogen-bond donors (Lipinski definition) is 4. The fraction of sp³-hybridized carbons (Fsp3) is 0.448. The van der Waals surface area contributed by atoms with Crippen LogP contribution >= 0.6 is 0 Å². The Morgan fingerprint density at radius 3 is 2.55 bits per heavy atom. The number of carbonyl (C=O) groups excluding carboxylic acids is 3. The highest BCUT2D eigenvalue weighted by Crippen LogP contribution is 2.45. The van der Waals surface area contributed by atoms with Crippen molar-refractivity contribution in [3.8, 4) is 0 Å². The maximum Gasteiger partial charge on any atom is 0.407 e. The van der Waals surface area contributed by atoms with Crippen LogP contribution in [-0.2, 0) is 11.3 Å². The van der Waals surface area contributed by atoms with Crippen molar-refractivity contribution in [2.75, 3.05) is 33.2 Å². The Morgan fingerprint density at radius 2 is 1.85 bits per heavy atom. The molecule has 3 aromatic rings. The van der Waals surface area contributed by atoms with Crippen molar-refractivity contribution >= 4 is 28.8 Å². The number of hydrogen-bond acceptors (Lipinski definition) is 6. The minimum atomic E-state index is -0.535. The number of pyridine rings is 1. The molecule has 3 heterocycles. The van der Waals surface area contributed by atoms with Gasteiger partial charge in [0.15, 0.2) is 0 Å². The number of rotatable bonds is 8. The van der Waals surface area contributed by atoms with E-state index in [4.69, 9.17) is 4.74 Å². The van der Waals surface area contributed by atoms with Gasteiger partial charge in [0.25, 0.3) is 17.4 Å². The fourth-order valence-electron chi connectivity index (χ4n) is 5.52. The van der Waals surface area contributed by atoms with Gasteiger partial charge >= 0.3 is 6.09 Å². The van der Waals surface area contributed by atoms with Crippen molar-refractivity contribution in [1.29, 1.82) is 0 Å². The molecule has 3 amide bonds. The first-order valence-corrected chi connectivity index (χ1v) is 13.6. The highest BCUT2D eigenvalue weighted by Gasteiger charge is 2.56. The van der Waals surface area contributed by atoms with Crippen LogP contribution in [0.3, 0.4) is 0 Å². The topological polar surface area (TPSA) is 138 Å². The molecule has 5 rings (SSSR count). The summed E-state index contributed by atoms with van der Waals surface area (Å²) in [5.74, 6) is -0.176. The Balaban J connectivity index is 1.22. The fourth-order valence-corrected chi connectivity index (χ4v) is 5.52. The van der Waals surface area contributed by atoms with Crippen molar-refractivity contribution in [3.63, 3.8) is 0 Å². The summed E-state index contributed by atoms with van der Waals surface area (Å²) < 4.78 is 6.69. The number of aromatic nitrogens is 2. The average molecular weight is 549 g/mol. The maximum absolute atomic E-state index is 13.3. The molecule has 1 saturated heterocycles. The van der Waals surface area contributed by atoms with E-state index in [0.29, 0.717) is 24.9 Å². The number of ether oxygens (including phenoxy) is 1. The number of alkyl carbamates (subject to hydrolysis) is 1. The number of carbonyl (C=O) groups is 3. The molecule has 2 aromatic heterocycles. The molecule has 1 saturated carbocycles. The zero-order chi connectivity index (χ0) is 28.6. The normalized spacial score (nSPS) is 20.1. The van der Waals surface area contributed by atoms with Crippen LogP contribution in [0.2, 0.25) is 0 Å². The Kier molecular flexibility index (Phi) is 7.41. The van der Waals surface area contributed by atoms with Gasteiger partial charge < -0.3 is 35.1 Å². The first kappa shape index (κ1) is 27.4. The van der Waals surface area contributed by atoms with Crippen LogP contribution in [0.4, 0.5) is 4.79 Å². The predicted octanol–water partition coefficient (Wildman–Crippen LogP) is 1.92. The molecule has 0 spiro atoms. The monoisotopic (exact) mass is 548 g/mol. The summed E-state index contributed by atoms with van der Waals surface area (Å²) in [5.41, 5.74) is 1.05. The van der Waals surface area contributed by atoms with Crippen LogP contribution in [0.1, 0.15) is 47.1 Å². The van der Waals surface area contributed by atoms with Crippen molar-refractivity contribution in [3.05, 3.63) is 69.8 Å². The summed E-state index contributed by atoms with van der Waals surface area (Å²) in [6, 6.07) is 9.13. The lowest BCUT2D eigenvalue weighted by atomic mass is 10.1. The molecule has 4 N–H and O–H groups in total. The van der Waals surface area contributed by atoms with Crippen LogP contribution in [0.5, 0.6) is 0 Å². The SMILES string of the molecule is CNC(=O)c1cc(C(=O)N[C@H]2[C@@H]3CN(CCNC(=O)OC(C)(C)C)C[C@@H]32)cn(Cc2cccc3[nH]ccc23)c1=O. The molecular weight excluding hydrogens is 512 g/mol. The highest BCUT2D eigenvalue weighted by molar-refractivity contribution is 5.99. The van der Waals surface area contributed by atoms with Crippen LogP contribution in [0.15, 0.2) is 47.5 Å². The minimum Gasteiger partial charge on any atom is -0.444 e. The van der Waals surface area contributed by atoms with Gasteiger partial charge in [0, 0.05) is 62.6 Å². The van der Waals surface area contributed by atoms with Crippen LogP contribution in [-0.4, -0.2) is 77.2 Å². The summed E-state index contributed by atoms with van der Waals surface area (Å²) >= 11 is 0. The van der Waals surface area contributed by atoms with E-state index in [-0.39, 0.29) is 29.6 Å². The Labute approximate surface area is 232 Å². The van der Waals surface area contributed by atoms with Gasteiger partial charge in [-0.2, -0.15) is 0 Å². The smallest absolute Gasteiger partial charge is 0.407 e. The van der Waals surface area contributed by atoms with Crippen LogP contribution in [0, 0.1) is 11.8 Å². The summed E-state index contributed by atoms with van der Waals surface area (Å²) in [5, 5.41) is 9.36. The molecule has 1 aromatic carbocycles. The van der Waals surface area contributed by atoms with E-state index in [1.54, 1.807) is 0 Å². The molecule has 40 heavy (non-hydrogen) atoms. The number of piperidine rings is 1. The Bertz CT molecular complexity index is 1490. The quantitative estimate of drug-likeness (QED) is 0.340. The second-order valence-corrected chi connectivity index (χ2v) is 11.5. The molecule has 3 atom stereocenters. The van der Waals surface area contributed by atoms with Crippen molar-refractivity contribution < 1.29 is 19.1 Å². The van der Waals surface area contributed by atoms with Gasteiger partial charge in [-0.15, -0.1) is 0 Å². The number of nitrogens with zero attached hydrogens (tertiary/aromatic N) is 2. The predicted molar refractivity (Wildman–Crippen MR) is 150 cm³/mol. The Morgan fingerprint density at radius 1 is 1.10 bits per heavy atom. The van der Waals surface area contributed by atoms with Gasteiger partial charge in [0.2, 0.25) is 0 Å². The molecule has 11 nitrogen and oxygen atoms in total. The molecule has 0 unspecified atom stereocenters. The van der Waals surface area contributed by atoms with Crippen molar-refractivity contribution in [2.45, 2.75) is 39.0 Å².